The van der Waals surface area contributed by atoms with Crippen LogP contribution >= 0.6 is 0 Å². The highest BCUT2D eigenvalue weighted by Gasteiger charge is 2.24. The fraction of sp³-hybridized carbons (Fsp3) is 0.636. The van der Waals surface area contributed by atoms with Crippen LogP contribution in [0.4, 0.5) is 4.79 Å². The van der Waals surface area contributed by atoms with Crippen molar-refractivity contribution >= 4 is 12.1 Å². The van der Waals surface area contributed by atoms with Gasteiger partial charge in [0, 0.05) is 19.9 Å². The number of aliphatic hydroxyl groups is 1. The summed E-state index contributed by atoms with van der Waals surface area (Å²) in [6.45, 7) is 7.08. The molecule has 0 aromatic heterocycles. The molecule has 0 radical (unpaired) electrons. The minimum absolute atomic E-state index is 0.0277. The first-order chi connectivity index (χ1) is 14.2. The van der Waals surface area contributed by atoms with Crippen molar-refractivity contribution in [1.29, 1.82) is 0 Å². The van der Waals surface area contributed by atoms with Crippen LogP contribution in [-0.4, -0.2) is 66.4 Å². The number of carbonyl (C=O) groups excluding carboxylic acids is 2. The molecule has 8 heteroatoms. The van der Waals surface area contributed by atoms with Crippen LogP contribution < -0.4 is 4.74 Å². The van der Waals surface area contributed by atoms with Gasteiger partial charge in [0.25, 0.3) is 0 Å². The zero-order chi connectivity index (χ0) is 22.1. The molecule has 30 heavy (non-hydrogen) atoms. The van der Waals surface area contributed by atoms with E-state index in [1.54, 1.807) is 13.8 Å². The SMILES string of the molecule is CC(=O)OC(C)OC(=O)N(CC(O)COc1ccc(CCOC2CC2)cc1)C(C)C. The third-order valence-electron chi connectivity index (χ3n) is 4.50. The van der Waals surface area contributed by atoms with Gasteiger partial charge in [-0.05, 0) is 50.8 Å². The third-order valence-corrected chi connectivity index (χ3v) is 4.50. The van der Waals surface area contributed by atoms with Gasteiger partial charge in [0.15, 0.2) is 0 Å². The Labute approximate surface area is 178 Å². The monoisotopic (exact) mass is 423 g/mol. The molecule has 2 rings (SSSR count). The summed E-state index contributed by atoms with van der Waals surface area (Å²) < 4.78 is 21.2. The number of hydrogen-bond acceptors (Lipinski definition) is 7. The molecule has 0 saturated heterocycles. The van der Waals surface area contributed by atoms with Crippen molar-refractivity contribution < 1.29 is 33.6 Å². The molecule has 1 aliphatic rings. The lowest BCUT2D eigenvalue weighted by Crippen LogP contribution is -2.45. The molecule has 1 fully saturated rings. The zero-order valence-electron chi connectivity index (χ0n) is 18.2. The highest BCUT2D eigenvalue weighted by Crippen LogP contribution is 2.23. The second kappa shape index (κ2) is 11.8. The second-order valence-corrected chi connectivity index (χ2v) is 7.74. The summed E-state index contributed by atoms with van der Waals surface area (Å²) in [7, 11) is 0. The van der Waals surface area contributed by atoms with E-state index in [1.165, 1.54) is 37.2 Å². The van der Waals surface area contributed by atoms with Crippen LogP contribution in [0.5, 0.6) is 5.75 Å². The molecular formula is C22H33NO7. The van der Waals surface area contributed by atoms with E-state index in [4.69, 9.17) is 18.9 Å². The number of carbonyl (C=O) groups is 2. The molecular weight excluding hydrogens is 390 g/mol. The smallest absolute Gasteiger partial charge is 0.413 e. The molecule has 0 bridgehead atoms. The molecule has 8 nitrogen and oxygen atoms in total. The molecule has 0 spiro atoms. The lowest BCUT2D eigenvalue weighted by molar-refractivity contribution is -0.163. The quantitative estimate of drug-likeness (QED) is 0.408. The van der Waals surface area contributed by atoms with Crippen molar-refractivity contribution in [3.05, 3.63) is 29.8 Å². The molecule has 1 amide bonds. The highest BCUT2D eigenvalue weighted by atomic mass is 16.7. The fourth-order valence-electron chi connectivity index (χ4n) is 2.77. The highest BCUT2D eigenvalue weighted by molar-refractivity contribution is 5.69. The molecule has 0 aliphatic heterocycles. The summed E-state index contributed by atoms with van der Waals surface area (Å²) in [6, 6.07) is 7.45. The van der Waals surface area contributed by atoms with Crippen LogP contribution in [0.15, 0.2) is 24.3 Å². The van der Waals surface area contributed by atoms with Crippen molar-refractivity contribution in [2.75, 3.05) is 19.8 Å². The summed E-state index contributed by atoms with van der Waals surface area (Å²) >= 11 is 0. The van der Waals surface area contributed by atoms with Crippen LogP contribution in [0.25, 0.3) is 0 Å². The number of benzene rings is 1. The van der Waals surface area contributed by atoms with Gasteiger partial charge in [-0.2, -0.15) is 0 Å². The van der Waals surface area contributed by atoms with Crippen LogP contribution in [0.1, 0.15) is 46.1 Å². The van der Waals surface area contributed by atoms with Gasteiger partial charge in [-0.3, -0.25) is 4.79 Å². The fourth-order valence-corrected chi connectivity index (χ4v) is 2.77. The molecule has 1 saturated carbocycles. The van der Waals surface area contributed by atoms with Gasteiger partial charge in [0.05, 0.1) is 19.3 Å². The largest absolute Gasteiger partial charge is 0.491 e. The van der Waals surface area contributed by atoms with Crippen LogP contribution in [0.2, 0.25) is 0 Å². The standard InChI is InChI=1S/C22H33NO7/c1-15(2)23(22(26)30-17(4)29-16(3)24)13-19(25)14-28-21-7-5-18(6-8-21)11-12-27-20-9-10-20/h5-8,15,17,19-20,25H,9-14H2,1-4H3. The number of aliphatic hydroxyl groups excluding tert-OH is 1. The number of amides is 1. The number of hydrogen-bond donors (Lipinski definition) is 1. The molecule has 2 unspecified atom stereocenters. The van der Waals surface area contributed by atoms with E-state index in [0.29, 0.717) is 11.9 Å². The molecule has 2 atom stereocenters. The summed E-state index contributed by atoms with van der Waals surface area (Å²) in [5.41, 5.74) is 1.17. The van der Waals surface area contributed by atoms with E-state index in [9.17, 15) is 14.7 Å². The van der Waals surface area contributed by atoms with E-state index in [1.807, 2.05) is 24.3 Å². The number of rotatable bonds is 12. The van der Waals surface area contributed by atoms with Gasteiger partial charge in [-0.1, -0.05) is 12.1 Å². The first-order valence-corrected chi connectivity index (χ1v) is 10.4. The maximum Gasteiger partial charge on any atom is 0.413 e. The van der Waals surface area contributed by atoms with Gasteiger partial charge < -0.3 is 29.0 Å². The van der Waals surface area contributed by atoms with Gasteiger partial charge in [-0.15, -0.1) is 0 Å². The Hall–Kier alpha value is -2.32. The van der Waals surface area contributed by atoms with Gasteiger partial charge in [0.2, 0.25) is 6.29 Å². The minimum Gasteiger partial charge on any atom is -0.491 e. The Morgan fingerprint density at radius 3 is 2.37 bits per heavy atom. The Kier molecular flexibility index (Phi) is 9.39. The van der Waals surface area contributed by atoms with E-state index in [-0.39, 0.29) is 19.2 Å². The van der Waals surface area contributed by atoms with Crippen molar-refractivity contribution in [2.45, 2.75) is 71.5 Å². The Morgan fingerprint density at radius 1 is 1.13 bits per heavy atom. The molecule has 0 heterocycles. The lowest BCUT2D eigenvalue weighted by Gasteiger charge is -2.29. The predicted molar refractivity (Wildman–Crippen MR) is 110 cm³/mol. The molecule has 1 aromatic rings. The van der Waals surface area contributed by atoms with Crippen molar-refractivity contribution in [3.8, 4) is 5.75 Å². The maximum atomic E-state index is 12.3. The van der Waals surface area contributed by atoms with E-state index < -0.39 is 24.5 Å². The van der Waals surface area contributed by atoms with Crippen LogP contribution in [-0.2, 0) is 25.4 Å². The van der Waals surface area contributed by atoms with Gasteiger partial charge in [0.1, 0.15) is 18.5 Å². The summed E-state index contributed by atoms with van der Waals surface area (Å²) in [5.74, 6) is 0.101. The number of nitrogens with zero attached hydrogens (tertiary/aromatic N) is 1. The Bertz CT molecular complexity index is 673. The summed E-state index contributed by atoms with van der Waals surface area (Å²) in [4.78, 5) is 24.6. The zero-order valence-corrected chi connectivity index (χ0v) is 18.2. The molecule has 168 valence electrons. The molecule has 1 aliphatic carbocycles. The number of ether oxygens (including phenoxy) is 4. The lowest BCUT2D eigenvalue weighted by atomic mass is 10.1. The van der Waals surface area contributed by atoms with Gasteiger partial charge >= 0.3 is 12.1 Å². The average molecular weight is 424 g/mol. The van der Waals surface area contributed by atoms with Crippen LogP contribution in [0.3, 0.4) is 0 Å². The molecule has 1 N–H and O–H groups in total. The van der Waals surface area contributed by atoms with Crippen molar-refractivity contribution in [3.63, 3.8) is 0 Å². The summed E-state index contributed by atoms with van der Waals surface area (Å²) in [6.07, 6.45) is 1.08. The van der Waals surface area contributed by atoms with E-state index in [2.05, 4.69) is 0 Å². The predicted octanol–water partition coefficient (Wildman–Crippen LogP) is 2.90. The maximum absolute atomic E-state index is 12.3. The molecule has 1 aromatic carbocycles. The second-order valence-electron chi connectivity index (χ2n) is 7.74. The third kappa shape index (κ3) is 9.00. The van der Waals surface area contributed by atoms with E-state index >= 15 is 0 Å². The van der Waals surface area contributed by atoms with Gasteiger partial charge in [-0.25, -0.2) is 4.79 Å². The topological polar surface area (TPSA) is 94.5 Å². The average Bonchev–Trinajstić information content (AvgIpc) is 3.48. The Balaban J connectivity index is 1.75. The van der Waals surface area contributed by atoms with E-state index in [0.717, 1.165) is 13.0 Å². The normalized spacial score (nSPS) is 15.4. The van der Waals surface area contributed by atoms with Crippen molar-refractivity contribution in [2.24, 2.45) is 0 Å². The first kappa shape index (κ1) is 24.0. The van der Waals surface area contributed by atoms with Crippen molar-refractivity contribution in [1.82, 2.24) is 4.90 Å². The minimum atomic E-state index is -1.00. The number of esters is 1. The van der Waals surface area contributed by atoms with Crippen LogP contribution in [0, 0.1) is 0 Å². The first-order valence-electron chi connectivity index (χ1n) is 10.4. The Morgan fingerprint density at radius 2 is 1.80 bits per heavy atom. The summed E-state index contributed by atoms with van der Waals surface area (Å²) in [5, 5.41) is 10.3.